The topological polar surface area (TPSA) is 51.7 Å². The molecule has 1 aromatic carbocycles. The maximum absolute atomic E-state index is 12.0. The van der Waals surface area contributed by atoms with Crippen molar-refractivity contribution in [2.24, 2.45) is 0 Å². The molecule has 120 valence electrons. The molecular weight excluding hydrogens is 316 g/mol. The summed E-state index contributed by atoms with van der Waals surface area (Å²) in [6, 6.07) is 11.1. The van der Waals surface area contributed by atoms with E-state index in [2.05, 4.69) is 4.98 Å². The number of halogens is 1. The molecule has 0 unspecified atom stereocenters. The van der Waals surface area contributed by atoms with Gasteiger partial charge in [-0.15, -0.1) is 0 Å². The lowest BCUT2D eigenvalue weighted by molar-refractivity contribution is -0.142. The first kappa shape index (κ1) is 15.6. The number of carbonyl (C=O) groups excluding carboxylic acids is 1. The minimum Gasteiger partial charge on any atom is -0.484 e. The van der Waals surface area contributed by atoms with E-state index in [0.29, 0.717) is 29.7 Å². The van der Waals surface area contributed by atoms with Crippen LogP contribution < -0.4 is 9.47 Å². The highest BCUT2D eigenvalue weighted by molar-refractivity contribution is 6.31. The molecule has 0 radical (unpaired) electrons. The van der Waals surface area contributed by atoms with E-state index in [0.717, 1.165) is 5.56 Å². The summed E-state index contributed by atoms with van der Waals surface area (Å²) >= 11 is 5.99. The van der Waals surface area contributed by atoms with Crippen molar-refractivity contribution in [2.75, 3.05) is 19.7 Å². The molecule has 1 aliphatic rings. The lowest BCUT2D eigenvalue weighted by atomic mass is 10.1. The molecular formula is C17H17ClN2O3. The molecule has 0 bridgehead atoms. The van der Waals surface area contributed by atoms with Crippen molar-refractivity contribution in [2.45, 2.75) is 13.0 Å². The van der Waals surface area contributed by atoms with Gasteiger partial charge in [-0.2, -0.15) is 0 Å². The molecule has 1 aromatic heterocycles. The monoisotopic (exact) mass is 332 g/mol. The van der Waals surface area contributed by atoms with Gasteiger partial charge in [-0.05, 0) is 31.2 Å². The molecule has 1 saturated heterocycles. The molecule has 2 aromatic rings. The van der Waals surface area contributed by atoms with Crippen LogP contribution in [0.4, 0.5) is 0 Å². The SMILES string of the molecule is Cc1ccc(OCC(=O)N2CC(Oc3ncccc3Cl)C2)cc1. The molecule has 0 saturated carbocycles. The Morgan fingerprint density at radius 1 is 1.30 bits per heavy atom. The summed E-state index contributed by atoms with van der Waals surface area (Å²) in [6.07, 6.45) is 1.55. The summed E-state index contributed by atoms with van der Waals surface area (Å²) < 4.78 is 11.1. The van der Waals surface area contributed by atoms with E-state index in [1.54, 1.807) is 23.2 Å². The summed E-state index contributed by atoms with van der Waals surface area (Å²) in [5, 5.41) is 0.472. The van der Waals surface area contributed by atoms with Gasteiger partial charge in [0.05, 0.1) is 13.1 Å². The standard InChI is InChI=1S/C17H17ClN2O3/c1-12-4-6-13(7-5-12)22-11-16(21)20-9-14(10-20)23-17-15(18)3-2-8-19-17/h2-8,14H,9-11H2,1H3. The Bertz CT molecular complexity index is 684. The zero-order valence-corrected chi connectivity index (χ0v) is 13.5. The maximum Gasteiger partial charge on any atom is 0.260 e. The quantitative estimate of drug-likeness (QED) is 0.844. The van der Waals surface area contributed by atoms with Crippen LogP contribution in [0.3, 0.4) is 0 Å². The number of amides is 1. The van der Waals surface area contributed by atoms with Gasteiger partial charge in [0.25, 0.3) is 5.91 Å². The molecule has 0 spiro atoms. The third kappa shape index (κ3) is 3.93. The normalized spacial score (nSPS) is 14.3. The van der Waals surface area contributed by atoms with E-state index >= 15 is 0 Å². The van der Waals surface area contributed by atoms with E-state index in [4.69, 9.17) is 21.1 Å². The zero-order valence-electron chi connectivity index (χ0n) is 12.7. The number of benzene rings is 1. The molecule has 23 heavy (non-hydrogen) atoms. The number of carbonyl (C=O) groups is 1. The second kappa shape index (κ2) is 6.87. The highest BCUT2D eigenvalue weighted by atomic mass is 35.5. The van der Waals surface area contributed by atoms with Crippen molar-refractivity contribution >= 4 is 17.5 Å². The summed E-state index contributed by atoms with van der Waals surface area (Å²) in [4.78, 5) is 17.8. The first-order chi connectivity index (χ1) is 11.1. The van der Waals surface area contributed by atoms with Gasteiger partial charge >= 0.3 is 0 Å². The van der Waals surface area contributed by atoms with E-state index < -0.39 is 0 Å². The van der Waals surface area contributed by atoms with Crippen LogP contribution in [0.2, 0.25) is 5.02 Å². The lowest BCUT2D eigenvalue weighted by Crippen LogP contribution is -2.57. The number of aromatic nitrogens is 1. The number of aryl methyl sites for hydroxylation is 1. The van der Waals surface area contributed by atoms with Crippen LogP contribution in [0, 0.1) is 6.92 Å². The van der Waals surface area contributed by atoms with Gasteiger partial charge < -0.3 is 14.4 Å². The van der Waals surface area contributed by atoms with Crippen molar-refractivity contribution < 1.29 is 14.3 Å². The molecule has 0 N–H and O–H groups in total. The fourth-order valence-electron chi connectivity index (χ4n) is 2.20. The maximum atomic E-state index is 12.0. The molecule has 5 nitrogen and oxygen atoms in total. The Kier molecular flexibility index (Phi) is 4.67. The molecule has 0 atom stereocenters. The average Bonchev–Trinajstić information content (AvgIpc) is 2.51. The van der Waals surface area contributed by atoms with Crippen LogP contribution in [0.25, 0.3) is 0 Å². The van der Waals surface area contributed by atoms with Crippen LogP contribution in [0.15, 0.2) is 42.6 Å². The third-order valence-electron chi connectivity index (χ3n) is 3.59. The molecule has 1 aliphatic heterocycles. The number of likely N-dealkylation sites (tertiary alicyclic amines) is 1. The molecule has 3 rings (SSSR count). The van der Waals surface area contributed by atoms with E-state index in [1.165, 1.54) is 0 Å². The largest absolute Gasteiger partial charge is 0.484 e. The third-order valence-corrected chi connectivity index (χ3v) is 3.87. The van der Waals surface area contributed by atoms with Gasteiger partial charge in [0, 0.05) is 6.20 Å². The minimum atomic E-state index is -0.0780. The van der Waals surface area contributed by atoms with Crippen molar-refractivity contribution in [3.8, 4) is 11.6 Å². The number of hydrogen-bond donors (Lipinski definition) is 0. The number of nitrogens with zero attached hydrogens (tertiary/aromatic N) is 2. The van der Waals surface area contributed by atoms with Crippen LogP contribution in [0.5, 0.6) is 11.6 Å². The molecule has 2 heterocycles. The van der Waals surface area contributed by atoms with Gasteiger partial charge in [-0.1, -0.05) is 29.3 Å². The van der Waals surface area contributed by atoms with Crippen LogP contribution in [-0.2, 0) is 4.79 Å². The Labute approximate surface area is 139 Å². The first-order valence-electron chi connectivity index (χ1n) is 7.36. The van der Waals surface area contributed by atoms with Crippen molar-refractivity contribution in [1.82, 2.24) is 9.88 Å². The van der Waals surface area contributed by atoms with Gasteiger partial charge in [0.2, 0.25) is 5.88 Å². The Hall–Kier alpha value is -2.27. The Morgan fingerprint density at radius 3 is 2.74 bits per heavy atom. The molecule has 1 amide bonds. The second-order valence-corrected chi connectivity index (χ2v) is 5.84. The molecule has 6 heteroatoms. The number of pyridine rings is 1. The lowest BCUT2D eigenvalue weighted by Gasteiger charge is -2.38. The van der Waals surface area contributed by atoms with Crippen LogP contribution in [0.1, 0.15) is 5.56 Å². The van der Waals surface area contributed by atoms with E-state index in [-0.39, 0.29) is 18.6 Å². The molecule has 1 fully saturated rings. The predicted molar refractivity (Wildman–Crippen MR) is 86.9 cm³/mol. The molecule has 0 aliphatic carbocycles. The Balaban J connectivity index is 1.43. The highest BCUT2D eigenvalue weighted by Crippen LogP contribution is 2.24. The second-order valence-electron chi connectivity index (χ2n) is 5.43. The summed E-state index contributed by atoms with van der Waals surface area (Å²) in [7, 11) is 0. The van der Waals surface area contributed by atoms with Gasteiger partial charge in [0.15, 0.2) is 6.61 Å². The summed E-state index contributed by atoms with van der Waals surface area (Å²) in [6.45, 7) is 3.06. The van der Waals surface area contributed by atoms with Gasteiger partial charge in [0.1, 0.15) is 16.9 Å². The average molecular weight is 333 g/mol. The fraction of sp³-hybridized carbons (Fsp3) is 0.294. The van der Waals surface area contributed by atoms with E-state index in [9.17, 15) is 4.79 Å². The van der Waals surface area contributed by atoms with Gasteiger partial charge in [-0.25, -0.2) is 4.98 Å². The smallest absolute Gasteiger partial charge is 0.260 e. The number of hydrogen-bond acceptors (Lipinski definition) is 4. The van der Waals surface area contributed by atoms with Crippen molar-refractivity contribution in [1.29, 1.82) is 0 Å². The van der Waals surface area contributed by atoms with E-state index in [1.807, 2.05) is 31.2 Å². The van der Waals surface area contributed by atoms with Crippen LogP contribution in [-0.4, -0.2) is 41.6 Å². The first-order valence-corrected chi connectivity index (χ1v) is 7.74. The number of ether oxygens (including phenoxy) is 2. The Morgan fingerprint density at radius 2 is 2.04 bits per heavy atom. The summed E-state index contributed by atoms with van der Waals surface area (Å²) in [5.41, 5.74) is 1.15. The van der Waals surface area contributed by atoms with Crippen molar-refractivity contribution in [3.63, 3.8) is 0 Å². The minimum absolute atomic E-state index is 0.0279. The van der Waals surface area contributed by atoms with Crippen LogP contribution >= 0.6 is 11.6 Å². The predicted octanol–water partition coefficient (Wildman–Crippen LogP) is 2.71. The zero-order chi connectivity index (χ0) is 16.2. The van der Waals surface area contributed by atoms with Gasteiger partial charge in [-0.3, -0.25) is 4.79 Å². The number of rotatable bonds is 5. The summed E-state index contributed by atoms with van der Waals surface area (Å²) in [5.74, 6) is 1.04. The fourth-order valence-corrected chi connectivity index (χ4v) is 2.37. The van der Waals surface area contributed by atoms with Crippen molar-refractivity contribution in [3.05, 3.63) is 53.2 Å². The highest BCUT2D eigenvalue weighted by Gasteiger charge is 2.33.